The van der Waals surface area contributed by atoms with Gasteiger partial charge in [0.25, 0.3) is 0 Å². The summed E-state index contributed by atoms with van der Waals surface area (Å²) in [6.45, 7) is 2.94. The third-order valence-electron chi connectivity index (χ3n) is 1.85. The number of hydrogen-bond donors (Lipinski definition) is 1. The summed E-state index contributed by atoms with van der Waals surface area (Å²) in [5.74, 6) is 0. The van der Waals surface area contributed by atoms with Crippen molar-refractivity contribution in [3.05, 3.63) is 0 Å². The zero-order chi connectivity index (χ0) is 8.10. The SMILES string of the molecule is CCCCC1CNC([C]=O)O1. The van der Waals surface area contributed by atoms with Crippen LogP contribution in [0.3, 0.4) is 0 Å². The van der Waals surface area contributed by atoms with Gasteiger partial charge < -0.3 is 4.74 Å². The van der Waals surface area contributed by atoms with Crippen molar-refractivity contribution >= 4 is 6.29 Å². The van der Waals surface area contributed by atoms with Crippen molar-refractivity contribution < 1.29 is 9.53 Å². The Morgan fingerprint density at radius 2 is 2.55 bits per heavy atom. The molecule has 1 heterocycles. The molecule has 0 aromatic rings. The van der Waals surface area contributed by atoms with E-state index in [9.17, 15) is 4.79 Å². The quantitative estimate of drug-likeness (QED) is 0.647. The second-order valence-corrected chi connectivity index (χ2v) is 2.81. The summed E-state index contributed by atoms with van der Waals surface area (Å²) in [6, 6.07) is 0. The highest BCUT2D eigenvalue weighted by Crippen LogP contribution is 2.10. The van der Waals surface area contributed by atoms with Gasteiger partial charge in [0.05, 0.1) is 6.10 Å². The highest BCUT2D eigenvalue weighted by molar-refractivity contribution is 5.56. The van der Waals surface area contributed by atoms with Crippen molar-refractivity contribution in [3.63, 3.8) is 0 Å². The Hall–Kier alpha value is -0.410. The molecule has 1 radical (unpaired) electrons. The molecule has 0 amide bonds. The molecule has 1 aliphatic heterocycles. The van der Waals surface area contributed by atoms with Gasteiger partial charge in [0.1, 0.15) is 0 Å². The van der Waals surface area contributed by atoms with Crippen LogP contribution in [0, 0.1) is 0 Å². The van der Waals surface area contributed by atoms with Gasteiger partial charge in [-0.1, -0.05) is 19.8 Å². The van der Waals surface area contributed by atoms with Crippen molar-refractivity contribution in [1.82, 2.24) is 5.32 Å². The molecule has 2 unspecified atom stereocenters. The Bertz CT molecular complexity index is 127. The first-order chi connectivity index (χ1) is 5.36. The van der Waals surface area contributed by atoms with Crippen molar-refractivity contribution in [2.45, 2.75) is 38.5 Å². The Kier molecular flexibility index (Phi) is 3.52. The number of nitrogens with one attached hydrogen (secondary N) is 1. The molecule has 0 bridgehead atoms. The minimum absolute atomic E-state index is 0.224. The summed E-state index contributed by atoms with van der Waals surface area (Å²) >= 11 is 0. The van der Waals surface area contributed by atoms with Gasteiger partial charge in [-0.3, -0.25) is 10.1 Å². The highest BCUT2D eigenvalue weighted by Gasteiger charge is 2.23. The van der Waals surface area contributed by atoms with E-state index in [-0.39, 0.29) is 6.10 Å². The van der Waals surface area contributed by atoms with Gasteiger partial charge in [-0.25, -0.2) is 0 Å². The number of carbonyl (C=O) groups excluding carboxylic acids is 1. The van der Waals surface area contributed by atoms with Gasteiger partial charge in [0.2, 0.25) is 6.29 Å². The Morgan fingerprint density at radius 1 is 1.73 bits per heavy atom. The van der Waals surface area contributed by atoms with E-state index in [1.807, 2.05) is 0 Å². The molecule has 0 saturated carbocycles. The van der Waals surface area contributed by atoms with Crippen LogP contribution in [0.25, 0.3) is 0 Å². The second kappa shape index (κ2) is 4.46. The van der Waals surface area contributed by atoms with Crippen LogP contribution in [0.15, 0.2) is 0 Å². The van der Waals surface area contributed by atoms with Crippen LogP contribution in [0.1, 0.15) is 26.2 Å². The third kappa shape index (κ3) is 2.60. The average Bonchev–Trinajstić information content (AvgIpc) is 2.48. The maximum Gasteiger partial charge on any atom is 0.246 e. The van der Waals surface area contributed by atoms with Crippen LogP contribution in [-0.2, 0) is 9.53 Å². The molecule has 3 heteroatoms. The third-order valence-corrected chi connectivity index (χ3v) is 1.85. The molecule has 1 aliphatic rings. The zero-order valence-electron chi connectivity index (χ0n) is 6.80. The Labute approximate surface area is 67.1 Å². The van der Waals surface area contributed by atoms with E-state index < -0.39 is 6.23 Å². The van der Waals surface area contributed by atoms with Crippen LogP contribution in [0.4, 0.5) is 0 Å². The molecule has 0 aromatic carbocycles. The molecule has 1 saturated heterocycles. The maximum absolute atomic E-state index is 10.1. The second-order valence-electron chi connectivity index (χ2n) is 2.81. The normalized spacial score (nSPS) is 30.6. The standard InChI is InChI=1S/C8H14NO2/c1-2-3-4-7-5-9-8(6-10)11-7/h7-9H,2-5H2,1H3. The van der Waals surface area contributed by atoms with Gasteiger partial charge in [-0.05, 0) is 6.42 Å². The van der Waals surface area contributed by atoms with Crippen LogP contribution in [0.5, 0.6) is 0 Å². The van der Waals surface area contributed by atoms with E-state index in [1.165, 1.54) is 6.42 Å². The summed E-state index contributed by atoms with van der Waals surface area (Å²) in [5.41, 5.74) is 0. The molecule has 1 N–H and O–H groups in total. The minimum Gasteiger partial charge on any atom is -0.351 e. The molecule has 11 heavy (non-hydrogen) atoms. The lowest BCUT2D eigenvalue weighted by molar-refractivity contribution is 0.0722. The topological polar surface area (TPSA) is 38.3 Å². The number of hydrogen-bond acceptors (Lipinski definition) is 3. The van der Waals surface area contributed by atoms with Crippen LogP contribution < -0.4 is 5.32 Å². The first-order valence-electron chi connectivity index (χ1n) is 4.13. The van der Waals surface area contributed by atoms with Crippen molar-refractivity contribution in [1.29, 1.82) is 0 Å². The van der Waals surface area contributed by atoms with Crippen molar-refractivity contribution in [2.75, 3.05) is 6.54 Å². The average molecular weight is 156 g/mol. The fourth-order valence-electron chi connectivity index (χ4n) is 1.20. The predicted octanol–water partition coefficient (Wildman–Crippen LogP) is 0.601. The Morgan fingerprint density at radius 3 is 3.09 bits per heavy atom. The minimum atomic E-state index is -0.475. The molecule has 1 fully saturated rings. The van der Waals surface area contributed by atoms with E-state index in [0.29, 0.717) is 0 Å². The fraction of sp³-hybridized carbons (Fsp3) is 0.875. The summed E-state index contributed by atoms with van der Waals surface area (Å²) in [5, 5.41) is 2.92. The van der Waals surface area contributed by atoms with Crippen LogP contribution in [0.2, 0.25) is 0 Å². The molecule has 0 aliphatic carbocycles. The summed E-state index contributed by atoms with van der Waals surface area (Å²) in [4.78, 5) is 10.1. The molecular weight excluding hydrogens is 142 g/mol. The van der Waals surface area contributed by atoms with E-state index in [0.717, 1.165) is 19.4 Å². The van der Waals surface area contributed by atoms with E-state index in [2.05, 4.69) is 12.2 Å². The zero-order valence-corrected chi connectivity index (χ0v) is 6.80. The van der Waals surface area contributed by atoms with Crippen molar-refractivity contribution in [3.8, 4) is 0 Å². The number of ether oxygens (including phenoxy) is 1. The van der Waals surface area contributed by atoms with Gasteiger partial charge in [-0.2, -0.15) is 0 Å². The van der Waals surface area contributed by atoms with Gasteiger partial charge in [0, 0.05) is 6.54 Å². The summed E-state index contributed by atoms with van der Waals surface area (Å²) in [6.07, 6.45) is 4.92. The summed E-state index contributed by atoms with van der Waals surface area (Å²) in [7, 11) is 0. The first-order valence-corrected chi connectivity index (χ1v) is 4.13. The van der Waals surface area contributed by atoms with E-state index >= 15 is 0 Å². The predicted molar refractivity (Wildman–Crippen MR) is 41.9 cm³/mol. The van der Waals surface area contributed by atoms with E-state index in [4.69, 9.17) is 4.74 Å². The molecule has 0 aromatic heterocycles. The smallest absolute Gasteiger partial charge is 0.246 e. The molecule has 3 nitrogen and oxygen atoms in total. The number of unbranched alkanes of at least 4 members (excludes halogenated alkanes) is 1. The fourth-order valence-corrected chi connectivity index (χ4v) is 1.20. The molecule has 63 valence electrons. The molecule has 1 rings (SSSR count). The maximum atomic E-state index is 10.1. The number of rotatable bonds is 4. The Balaban J connectivity index is 2.14. The highest BCUT2D eigenvalue weighted by atomic mass is 16.5. The van der Waals surface area contributed by atoms with Gasteiger partial charge >= 0.3 is 0 Å². The van der Waals surface area contributed by atoms with Crippen molar-refractivity contribution in [2.24, 2.45) is 0 Å². The largest absolute Gasteiger partial charge is 0.351 e. The molecule has 2 atom stereocenters. The van der Waals surface area contributed by atoms with E-state index in [1.54, 1.807) is 6.29 Å². The molecular formula is C8H14NO2. The summed E-state index contributed by atoms with van der Waals surface area (Å²) < 4.78 is 5.28. The van der Waals surface area contributed by atoms with Gasteiger partial charge in [0.15, 0.2) is 6.23 Å². The van der Waals surface area contributed by atoms with Crippen LogP contribution in [-0.4, -0.2) is 25.2 Å². The lowest BCUT2D eigenvalue weighted by Crippen LogP contribution is -2.23. The van der Waals surface area contributed by atoms with Crippen LogP contribution >= 0.6 is 0 Å². The lowest BCUT2D eigenvalue weighted by Gasteiger charge is -2.06. The monoisotopic (exact) mass is 156 g/mol. The van der Waals surface area contributed by atoms with Gasteiger partial charge in [-0.15, -0.1) is 0 Å². The first kappa shape index (κ1) is 8.68. The molecule has 0 spiro atoms. The lowest BCUT2D eigenvalue weighted by atomic mass is 10.2.